The monoisotopic (exact) mass is 548 g/mol. The number of amides is 3. The van der Waals surface area contributed by atoms with E-state index in [0.717, 1.165) is 32.5 Å². The Hall–Kier alpha value is -3.26. The van der Waals surface area contributed by atoms with E-state index in [0.29, 0.717) is 31.4 Å². The summed E-state index contributed by atoms with van der Waals surface area (Å²) in [4.78, 5) is 45.8. The summed E-state index contributed by atoms with van der Waals surface area (Å²) in [5, 5.41) is 6.09. The zero-order valence-corrected chi connectivity index (χ0v) is 23.6. The van der Waals surface area contributed by atoms with Crippen LogP contribution in [0.4, 0.5) is 4.39 Å². The number of benzene rings is 2. The van der Waals surface area contributed by atoms with Gasteiger partial charge in [0.25, 0.3) is 0 Å². The summed E-state index contributed by atoms with van der Waals surface area (Å²) in [6.45, 7) is 7.21. The molecule has 0 saturated carbocycles. The number of nitrogens with one attached hydrogen (secondary N) is 2. The van der Waals surface area contributed by atoms with Gasteiger partial charge in [-0.2, -0.15) is 0 Å². The Morgan fingerprint density at radius 3 is 2.27 bits per heavy atom. The summed E-state index contributed by atoms with van der Waals surface area (Å²) in [5.41, 5.74) is 2.88. The smallest absolute Gasteiger partial charge is 0.247 e. The van der Waals surface area contributed by atoms with Gasteiger partial charge in [-0.05, 0) is 85.9 Å². The highest BCUT2D eigenvalue weighted by Gasteiger charge is 2.49. The molecular weight excluding hydrogens is 507 g/mol. The zero-order chi connectivity index (χ0) is 28.2. The van der Waals surface area contributed by atoms with Gasteiger partial charge in [0.05, 0.1) is 0 Å². The number of halogens is 1. The third-order valence-electron chi connectivity index (χ3n) is 8.59. The predicted octanol–water partition coefficient (Wildman–Crippen LogP) is 3.63. The van der Waals surface area contributed by atoms with Crippen molar-refractivity contribution in [2.75, 3.05) is 26.2 Å². The van der Waals surface area contributed by atoms with E-state index < -0.39 is 23.9 Å². The maximum Gasteiger partial charge on any atom is 0.247 e. The van der Waals surface area contributed by atoms with Crippen molar-refractivity contribution >= 4 is 17.7 Å². The molecule has 1 aliphatic carbocycles. The van der Waals surface area contributed by atoms with E-state index in [1.165, 1.54) is 34.6 Å². The lowest BCUT2D eigenvalue weighted by molar-refractivity contribution is -0.157. The van der Waals surface area contributed by atoms with Crippen molar-refractivity contribution in [1.29, 1.82) is 0 Å². The van der Waals surface area contributed by atoms with Crippen LogP contribution >= 0.6 is 0 Å². The van der Waals surface area contributed by atoms with E-state index in [2.05, 4.69) is 27.7 Å². The molecule has 3 amide bonds. The van der Waals surface area contributed by atoms with E-state index in [-0.39, 0.29) is 29.6 Å². The van der Waals surface area contributed by atoms with Gasteiger partial charge in [0.15, 0.2) is 0 Å². The van der Waals surface area contributed by atoms with Gasteiger partial charge in [-0.15, -0.1) is 0 Å². The molecule has 0 radical (unpaired) electrons. The van der Waals surface area contributed by atoms with Crippen LogP contribution in [0.3, 0.4) is 0 Å². The molecule has 2 fully saturated rings. The molecule has 2 aromatic rings. The van der Waals surface area contributed by atoms with Crippen LogP contribution in [0.15, 0.2) is 48.5 Å². The van der Waals surface area contributed by atoms with Gasteiger partial charge < -0.3 is 20.4 Å². The van der Waals surface area contributed by atoms with E-state index >= 15 is 0 Å². The van der Waals surface area contributed by atoms with Crippen LogP contribution in [0.2, 0.25) is 0 Å². The van der Waals surface area contributed by atoms with Crippen LogP contribution in [0, 0.1) is 17.7 Å². The fraction of sp³-hybridized carbons (Fsp3) is 0.531. The first-order valence-corrected chi connectivity index (χ1v) is 14.8. The lowest BCUT2D eigenvalue weighted by atomic mass is 9.88. The summed E-state index contributed by atoms with van der Waals surface area (Å²) in [6.07, 6.45) is 5.37. The van der Waals surface area contributed by atoms with E-state index in [1.54, 1.807) is 12.1 Å². The molecule has 3 atom stereocenters. The molecule has 2 saturated heterocycles. The topological polar surface area (TPSA) is 81.8 Å². The minimum atomic E-state index is -1.03. The maximum atomic E-state index is 14.4. The number of likely N-dealkylation sites (tertiary alicyclic amines) is 1. The number of fused-ring (bicyclic) bond motifs is 1. The molecule has 3 unspecified atom stereocenters. The average Bonchev–Trinajstić information content (AvgIpc) is 3.38. The Kier molecular flexibility index (Phi) is 8.84. The quantitative estimate of drug-likeness (QED) is 0.502. The molecule has 40 heavy (non-hydrogen) atoms. The molecular formula is C32H41FN4O3. The zero-order valence-electron chi connectivity index (χ0n) is 23.6. The van der Waals surface area contributed by atoms with Crippen molar-refractivity contribution in [2.24, 2.45) is 11.8 Å². The number of hydrogen-bond acceptors (Lipinski definition) is 4. The van der Waals surface area contributed by atoms with Crippen LogP contribution in [-0.2, 0) is 27.2 Å². The molecule has 0 spiro atoms. The molecule has 8 heteroatoms. The summed E-state index contributed by atoms with van der Waals surface area (Å²) in [5.74, 6) is -1.21. The summed E-state index contributed by atoms with van der Waals surface area (Å²) in [6, 6.07) is 11.3. The number of hydrogen-bond donors (Lipinski definition) is 2. The fourth-order valence-electron chi connectivity index (χ4n) is 6.57. The number of piperidine rings is 1. The van der Waals surface area contributed by atoms with E-state index in [4.69, 9.17) is 0 Å². The fourth-order valence-corrected chi connectivity index (χ4v) is 6.57. The summed E-state index contributed by atoms with van der Waals surface area (Å²) in [7, 11) is 0. The van der Waals surface area contributed by atoms with Gasteiger partial charge in [-0.3, -0.25) is 14.4 Å². The van der Waals surface area contributed by atoms with Gasteiger partial charge in [-0.25, -0.2) is 4.39 Å². The molecule has 2 heterocycles. The molecule has 2 N–H and O–H groups in total. The molecule has 3 aliphatic rings. The first kappa shape index (κ1) is 28.3. The average molecular weight is 549 g/mol. The standard InChI is InChI=1S/C32H41FN4O3/c1-21(2)18-27-30(38)35-28(25-19-23-8-4-5-9-24(23)20-25)32(40)37(27)29(22-10-12-26(33)13-11-22)31(39)34-14-17-36-15-6-3-7-16-36/h4-5,8-13,21,25,27-29H,3,6-7,14-20H2,1-2H3,(H,34,39)(H,35,38). The predicted molar refractivity (Wildman–Crippen MR) is 152 cm³/mol. The largest absolute Gasteiger partial charge is 0.353 e. The Balaban J connectivity index is 1.44. The van der Waals surface area contributed by atoms with E-state index in [1.807, 2.05) is 26.0 Å². The van der Waals surface area contributed by atoms with Gasteiger partial charge in [0.1, 0.15) is 23.9 Å². The molecule has 2 aromatic carbocycles. The Bertz CT molecular complexity index is 1190. The van der Waals surface area contributed by atoms with Crippen LogP contribution < -0.4 is 10.6 Å². The van der Waals surface area contributed by atoms with Gasteiger partial charge in [0.2, 0.25) is 17.7 Å². The molecule has 0 bridgehead atoms. The number of carbonyl (C=O) groups is 3. The Morgan fingerprint density at radius 1 is 1.00 bits per heavy atom. The Morgan fingerprint density at radius 2 is 1.65 bits per heavy atom. The number of rotatable bonds is 9. The third kappa shape index (κ3) is 6.22. The summed E-state index contributed by atoms with van der Waals surface area (Å²) >= 11 is 0. The second-order valence-electron chi connectivity index (χ2n) is 12.0. The van der Waals surface area contributed by atoms with Crippen molar-refractivity contribution in [3.8, 4) is 0 Å². The van der Waals surface area contributed by atoms with Crippen LogP contribution in [-0.4, -0.2) is 65.8 Å². The number of nitrogens with zero attached hydrogens (tertiary/aromatic N) is 2. The van der Waals surface area contributed by atoms with Crippen molar-refractivity contribution < 1.29 is 18.8 Å². The number of piperazine rings is 1. The highest BCUT2D eigenvalue weighted by molar-refractivity contribution is 6.00. The first-order valence-electron chi connectivity index (χ1n) is 14.8. The molecule has 5 rings (SSSR count). The lowest BCUT2D eigenvalue weighted by Gasteiger charge is -2.45. The summed E-state index contributed by atoms with van der Waals surface area (Å²) < 4.78 is 13.9. The van der Waals surface area contributed by atoms with Crippen LogP contribution in [0.25, 0.3) is 0 Å². The van der Waals surface area contributed by atoms with Gasteiger partial charge >= 0.3 is 0 Å². The molecule has 7 nitrogen and oxygen atoms in total. The molecule has 214 valence electrons. The Labute approximate surface area is 236 Å². The molecule has 2 aliphatic heterocycles. The second kappa shape index (κ2) is 12.5. The SMILES string of the molecule is CC(C)CC1C(=O)NC(C2Cc3ccccc3C2)C(=O)N1C(C(=O)NCCN1CCCCC1)c1ccc(F)cc1. The second-order valence-corrected chi connectivity index (χ2v) is 12.0. The normalized spacial score (nSPS) is 22.8. The van der Waals surface area contributed by atoms with Crippen LogP contribution in [0.1, 0.15) is 62.3 Å². The van der Waals surface area contributed by atoms with Gasteiger partial charge in [-0.1, -0.05) is 56.7 Å². The van der Waals surface area contributed by atoms with Crippen molar-refractivity contribution in [3.05, 3.63) is 71.0 Å². The van der Waals surface area contributed by atoms with Crippen molar-refractivity contribution in [1.82, 2.24) is 20.4 Å². The van der Waals surface area contributed by atoms with E-state index in [9.17, 15) is 18.8 Å². The minimum Gasteiger partial charge on any atom is -0.353 e. The highest BCUT2D eigenvalue weighted by atomic mass is 19.1. The third-order valence-corrected chi connectivity index (χ3v) is 8.59. The molecule has 0 aromatic heterocycles. The first-order chi connectivity index (χ1) is 19.3. The maximum absolute atomic E-state index is 14.4. The lowest BCUT2D eigenvalue weighted by Crippen LogP contribution is -2.67. The van der Waals surface area contributed by atoms with Crippen molar-refractivity contribution in [3.63, 3.8) is 0 Å². The van der Waals surface area contributed by atoms with Crippen molar-refractivity contribution in [2.45, 2.75) is 70.5 Å². The number of carbonyl (C=O) groups excluding carboxylic acids is 3. The minimum absolute atomic E-state index is 0.0904. The highest BCUT2D eigenvalue weighted by Crippen LogP contribution is 2.35. The van der Waals surface area contributed by atoms with Crippen LogP contribution in [0.5, 0.6) is 0 Å². The van der Waals surface area contributed by atoms with Gasteiger partial charge in [0, 0.05) is 13.1 Å².